The van der Waals surface area contributed by atoms with E-state index in [-0.39, 0.29) is 24.9 Å². The Balaban J connectivity index is 1.34. The number of piperazine rings is 1. The maximum atomic E-state index is 12.7. The molecule has 1 aromatic carbocycles. The molecule has 3 heterocycles. The number of nitrogens with zero attached hydrogens (tertiary/aromatic N) is 6. The Labute approximate surface area is 181 Å². The molecule has 1 unspecified atom stereocenters. The van der Waals surface area contributed by atoms with Gasteiger partial charge in [0.05, 0.1) is 37.3 Å². The lowest BCUT2D eigenvalue weighted by Gasteiger charge is -2.37. The standard InChI is InChI=1S/C19H27ClN6O3S/c20-17-3-1-16(2-4-17)11-25-12-18(21-22-25)13-26-14-19(15-30(26,28)29)24-7-5-23(6-8-24)9-10-27/h1-4,12,19,27H,5-11,13-15H2. The van der Waals surface area contributed by atoms with Crippen LogP contribution in [0.4, 0.5) is 0 Å². The number of halogens is 1. The third-order valence-corrected chi connectivity index (χ3v) is 7.86. The fourth-order valence-corrected chi connectivity index (χ4v) is 5.94. The van der Waals surface area contributed by atoms with Crippen LogP contribution in [0.5, 0.6) is 0 Å². The predicted molar refractivity (Wildman–Crippen MR) is 114 cm³/mol. The number of sulfonamides is 1. The Morgan fingerprint density at radius 3 is 2.53 bits per heavy atom. The number of aliphatic hydroxyl groups is 1. The summed E-state index contributed by atoms with van der Waals surface area (Å²) in [5.41, 5.74) is 1.69. The van der Waals surface area contributed by atoms with Gasteiger partial charge in [0.25, 0.3) is 0 Å². The van der Waals surface area contributed by atoms with Crippen molar-refractivity contribution in [3.05, 3.63) is 46.7 Å². The Morgan fingerprint density at radius 1 is 1.10 bits per heavy atom. The fraction of sp³-hybridized carbons (Fsp3) is 0.579. The summed E-state index contributed by atoms with van der Waals surface area (Å²) in [5, 5.41) is 18.1. The molecule has 4 rings (SSSR count). The highest BCUT2D eigenvalue weighted by Gasteiger charge is 2.40. The number of hydrogen-bond donors (Lipinski definition) is 1. The molecule has 9 nitrogen and oxygen atoms in total. The van der Waals surface area contributed by atoms with E-state index in [4.69, 9.17) is 16.7 Å². The topological polar surface area (TPSA) is 94.8 Å². The molecule has 0 radical (unpaired) electrons. The first-order valence-corrected chi connectivity index (χ1v) is 12.1. The number of rotatable bonds is 7. The smallest absolute Gasteiger partial charge is 0.216 e. The van der Waals surface area contributed by atoms with Gasteiger partial charge in [0.2, 0.25) is 10.0 Å². The molecule has 11 heteroatoms. The van der Waals surface area contributed by atoms with Gasteiger partial charge in [-0.1, -0.05) is 28.9 Å². The zero-order chi connectivity index (χ0) is 21.1. The molecule has 2 aliphatic heterocycles. The molecule has 0 bridgehead atoms. The summed E-state index contributed by atoms with van der Waals surface area (Å²) in [4.78, 5) is 4.46. The zero-order valence-corrected chi connectivity index (χ0v) is 18.3. The van der Waals surface area contributed by atoms with Crippen molar-refractivity contribution in [1.82, 2.24) is 29.1 Å². The van der Waals surface area contributed by atoms with Crippen LogP contribution in [-0.2, 0) is 23.1 Å². The summed E-state index contributed by atoms with van der Waals surface area (Å²) in [6.45, 7) is 5.47. The second-order valence-electron chi connectivity index (χ2n) is 7.86. The van der Waals surface area contributed by atoms with E-state index in [2.05, 4.69) is 20.1 Å². The van der Waals surface area contributed by atoms with Gasteiger partial charge in [-0.2, -0.15) is 4.31 Å². The molecule has 30 heavy (non-hydrogen) atoms. The van der Waals surface area contributed by atoms with Crippen molar-refractivity contribution in [3.8, 4) is 0 Å². The minimum atomic E-state index is -3.32. The van der Waals surface area contributed by atoms with Crippen LogP contribution in [0.25, 0.3) is 0 Å². The number of aliphatic hydroxyl groups excluding tert-OH is 1. The molecule has 2 saturated heterocycles. The number of benzene rings is 1. The third kappa shape index (κ3) is 5.19. The Hall–Kier alpha value is -1.56. The highest BCUT2D eigenvalue weighted by atomic mass is 35.5. The van der Waals surface area contributed by atoms with E-state index in [0.717, 1.165) is 31.7 Å². The van der Waals surface area contributed by atoms with Crippen LogP contribution in [0.1, 0.15) is 11.3 Å². The van der Waals surface area contributed by atoms with Crippen molar-refractivity contribution in [2.24, 2.45) is 0 Å². The van der Waals surface area contributed by atoms with Crippen LogP contribution in [0.3, 0.4) is 0 Å². The van der Waals surface area contributed by atoms with E-state index in [1.165, 1.54) is 4.31 Å². The van der Waals surface area contributed by atoms with Crippen molar-refractivity contribution in [3.63, 3.8) is 0 Å². The molecule has 0 amide bonds. The normalized spacial score (nSPS) is 23.2. The van der Waals surface area contributed by atoms with E-state index in [9.17, 15) is 8.42 Å². The fourth-order valence-electron chi connectivity index (χ4n) is 4.07. The van der Waals surface area contributed by atoms with Crippen molar-refractivity contribution < 1.29 is 13.5 Å². The maximum Gasteiger partial charge on any atom is 0.216 e. The molecule has 2 aromatic rings. The molecular formula is C19H27ClN6O3S. The van der Waals surface area contributed by atoms with Crippen LogP contribution in [0.2, 0.25) is 5.02 Å². The first-order chi connectivity index (χ1) is 14.4. The summed E-state index contributed by atoms with van der Waals surface area (Å²) >= 11 is 5.92. The van der Waals surface area contributed by atoms with Crippen LogP contribution in [0, 0.1) is 0 Å². The molecule has 2 aliphatic rings. The molecule has 2 fully saturated rings. The number of β-amino-alcohol motifs (C(OH)–C–C–N with tert-alkyl or cyclic N) is 1. The molecule has 0 aliphatic carbocycles. The predicted octanol–water partition coefficient (Wildman–Crippen LogP) is 0.104. The summed E-state index contributed by atoms with van der Waals surface area (Å²) in [5.74, 6) is 0.145. The van der Waals surface area contributed by atoms with Gasteiger partial charge in [0.15, 0.2) is 0 Å². The minimum absolute atomic E-state index is 0.00427. The monoisotopic (exact) mass is 454 g/mol. The molecule has 0 saturated carbocycles. The highest BCUT2D eigenvalue weighted by molar-refractivity contribution is 7.89. The third-order valence-electron chi connectivity index (χ3n) is 5.73. The second-order valence-corrected chi connectivity index (χ2v) is 10.3. The van der Waals surface area contributed by atoms with Crippen molar-refractivity contribution >= 4 is 21.6 Å². The van der Waals surface area contributed by atoms with Crippen LogP contribution in [0.15, 0.2) is 30.5 Å². The van der Waals surface area contributed by atoms with Gasteiger partial charge in [-0.05, 0) is 17.7 Å². The lowest BCUT2D eigenvalue weighted by molar-refractivity contribution is 0.0880. The summed E-state index contributed by atoms with van der Waals surface area (Å²) in [6, 6.07) is 7.51. The maximum absolute atomic E-state index is 12.7. The SMILES string of the molecule is O=S1(=O)CC(N2CCN(CCO)CC2)CN1Cc1cn(Cc2ccc(Cl)cc2)nn1. The van der Waals surface area contributed by atoms with E-state index in [1.54, 1.807) is 10.9 Å². The molecular weight excluding hydrogens is 428 g/mol. The number of aromatic nitrogens is 3. The number of hydrogen-bond acceptors (Lipinski definition) is 7. The molecule has 164 valence electrons. The average molecular weight is 455 g/mol. The van der Waals surface area contributed by atoms with Gasteiger partial charge in [0, 0.05) is 50.3 Å². The Kier molecular flexibility index (Phi) is 6.71. The quantitative estimate of drug-likeness (QED) is 0.634. The average Bonchev–Trinajstić information content (AvgIpc) is 3.28. The lowest BCUT2D eigenvalue weighted by atomic mass is 10.2. The second kappa shape index (κ2) is 9.29. The van der Waals surface area contributed by atoms with E-state index in [0.29, 0.717) is 30.4 Å². The minimum Gasteiger partial charge on any atom is -0.395 e. The van der Waals surface area contributed by atoms with Gasteiger partial charge >= 0.3 is 0 Å². The summed E-state index contributed by atoms with van der Waals surface area (Å²) < 4.78 is 28.6. The van der Waals surface area contributed by atoms with E-state index in [1.807, 2.05) is 24.3 Å². The largest absolute Gasteiger partial charge is 0.395 e. The first-order valence-electron chi connectivity index (χ1n) is 10.1. The lowest BCUT2D eigenvalue weighted by Crippen LogP contribution is -2.52. The highest BCUT2D eigenvalue weighted by Crippen LogP contribution is 2.22. The molecule has 1 atom stereocenters. The molecule has 0 spiro atoms. The van der Waals surface area contributed by atoms with Crippen LogP contribution >= 0.6 is 11.6 Å². The van der Waals surface area contributed by atoms with Gasteiger partial charge in [-0.15, -0.1) is 5.10 Å². The van der Waals surface area contributed by atoms with Gasteiger partial charge < -0.3 is 5.11 Å². The zero-order valence-electron chi connectivity index (χ0n) is 16.8. The Morgan fingerprint density at radius 2 is 1.83 bits per heavy atom. The summed E-state index contributed by atoms with van der Waals surface area (Å²) in [7, 11) is -3.32. The summed E-state index contributed by atoms with van der Waals surface area (Å²) in [6.07, 6.45) is 1.80. The van der Waals surface area contributed by atoms with Crippen molar-refractivity contribution in [1.29, 1.82) is 0 Å². The van der Waals surface area contributed by atoms with Gasteiger partial charge in [0.1, 0.15) is 0 Å². The van der Waals surface area contributed by atoms with E-state index >= 15 is 0 Å². The van der Waals surface area contributed by atoms with Gasteiger partial charge in [-0.25, -0.2) is 13.1 Å². The first kappa shape index (κ1) is 21.7. The molecule has 1 N–H and O–H groups in total. The van der Waals surface area contributed by atoms with Crippen LogP contribution in [-0.4, -0.2) is 100 Å². The van der Waals surface area contributed by atoms with Crippen molar-refractivity contribution in [2.45, 2.75) is 19.1 Å². The molecule has 1 aromatic heterocycles. The van der Waals surface area contributed by atoms with Gasteiger partial charge in [-0.3, -0.25) is 9.80 Å². The van der Waals surface area contributed by atoms with Crippen LogP contribution < -0.4 is 0 Å². The van der Waals surface area contributed by atoms with Crippen molar-refractivity contribution in [2.75, 3.05) is 51.6 Å². The Bertz CT molecular complexity index is 943. The van der Waals surface area contributed by atoms with E-state index < -0.39 is 10.0 Å².